The van der Waals surface area contributed by atoms with Gasteiger partial charge >= 0.3 is 13.9 Å². The molecule has 1 aromatic rings. The number of benzene rings is 1. The minimum absolute atomic E-state index is 0. The van der Waals surface area contributed by atoms with E-state index < -0.39 is 20.0 Å². The van der Waals surface area contributed by atoms with E-state index in [1.165, 1.54) is 24.2 Å². The Morgan fingerprint density at radius 1 is 1.17 bits per heavy atom. The van der Waals surface area contributed by atoms with Crippen LogP contribution in [-0.4, -0.2) is 53.2 Å². The van der Waals surface area contributed by atoms with Gasteiger partial charge in [0.15, 0.2) is 0 Å². The van der Waals surface area contributed by atoms with Crippen molar-refractivity contribution < 1.29 is 33.1 Å². The molecule has 1 heterocycles. The summed E-state index contributed by atoms with van der Waals surface area (Å²) in [6, 6.07) is 7.94. The summed E-state index contributed by atoms with van der Waals surface area (Å²) in [5, 5.41) is 0. The van der Waals surface area contributed by atoms with Crippen LogP contribution in [0.5, 0.6) is 5.75 Å². The molecular formula is C19H33N2O7P. The van der Waals surface area contributed by atoms with Crippen molar-refractivity contribution in [3.8, 4) is 5.75 Å². The number of rotatable bonds is 12. The van der Waals surface area contributed by atoms with Gasteiger partial charge in [-0.25, -0.2) is 9.36 Å². The third kappa shape index (κ3) is 10.1. The zero-order valence-corrected chi connectivity index (χ0v) is 17.9. The first-order valence-electron chi connectivity index (χ1n) is 9.75. The van der Waals surface area contributed by atoms with E-state index in [1.54, 1.807) is 0 Å². The Labute approximate surface area is 172 Å². The fourth-order valence-electron chi connectivity index (χ4n) is 2.88. The van der Waals surface area contributed by atoms with Crippen molar-refractivity contribution >= 4 is 13.9 Å². The Hall–Kier alpha value is -1.64. The van der Waals surface area contributed by atoms with E-state index in [4.69, 9.17) is 19.3 Å². The van der Waals surface area contributed by atoms with Gasteiger partial charge in [-0.15, -0.1) is 0 Å². The summed E-state index contributed by atoms with van der Waals surface area (Å²) in [7, 11) is -4.51. The highest BCUT2D eigenvalue weighted by Gasteiger charge is 2.36. The Morgan fingerprint density at radius 3 is 2.62 bits per heavy atom. The number of aryl methyl sites for hydroxylation is 1. The maximum atomic E-state index is 11.8. The number of carbonyl (C=O) groups is 1. The van der Waals surface area contributed by atoms with Crippen LogP contribution in [0.25, 0.3) is 0 Å². The molecule has 1 aliphatic rings. The van der Waals surface area contributed by atoms with E-state index in [0.29, 0.717) is 6.42 Å². The molecule has 2 rings (SSSR count). The number of phosphoric acid groups is 1. The minimum Gasteiger partial charge on any atom is -0.494 e. The molecule has 5 N–H and O–H groups in total. The molecule has 0 aromatic heterocycles. The van der Waals surface area contributed by atoms with Gasteiger partial charge in [-0.05, 0) is 37.0 Å². The second-order valence-electron chi connectivity index (χ2n) is 6.90. The summed E-state index contributed by atoms with van der Waals surface area (Å²) in [5.41, 5.74) is 1.13. The van der Waals surface area contributed by atoms with Gasteiger partial charge in [0.25, 0.3) is 0 Å². The van der Waals surface area contributed by atoms with Gasteiger partial charge in [-0.3, -0.25) is 4.52 Å². The molecule has 10 heteroatoms. The van der Waals surface area contributed by atoms with Crippen LogP contribution in [0.2, 0.25) is 0 Å². The van der Waals surface area contributed by atoms with Gasteiger partial charge in [0, 0.05) is 0 Å². The smallest absolute Gasteiger partial charge is 0.469 e. The average molecular weight is 432 g/mol. The van der Waals surface area contributed by atoms with Crippen molar-refractivity contribution in [1.82, 2.24) is 11.1 Å². The first kappa shape index (κ1) is 25.4. The number of hydrogen-bond donors (Lipinski definition) is 3. The Morgan fingerprint density at radius 2 is 1.93 bits per heavy atom. The predicted molar refractivity (Wildman–Crippen MR) is 109 cm³/mol. The first-order valence-corrected chi connectivity index (χ1v) is 11.3. The van der Waals surface area contributed by atoms with Gasteiger partial charge in [0.1, 0.15) is 11.9 Å². The quantitative estimate of drug-likeness (QED) is 0.336. The zero-order chi connectivity index (χ0) is 20.4. The number of unbranched alkanes of at least 4 members (excludes halogenated alkanes) is 3. The summed E-state index contributed by atoms with van der Waals surface area (Å²) < 4.78 is 26.2. The van der Waals surface area contributed by atoms with Crippen LogP contribution in [0.3, 0.4) is 0 Å². The standard InChI is InChI=1S/C19H30NO7P.H3N/c1-2-3-4-5-11-25-17-10-6-8-16(13-17)9-7-12-26-19(21)20-14-18(15-20)27-28(22,23)24;/h6,8,10,13,18H,2-5,7,9,11-12,14-15H2,1H3,(H2,22,23,24);1H3. The molecule has 0 unspecified atom stereocenters. The van der Waals surface area contributed by atoms with Crippen molar-refractivity contribution in [3.63, 3.8) is 0 Å². The van der Waals surface area contributed by atoms with Crippen LogP contribution >= 0.6 is 7.82 Å². The molecular weight excluding hydrogens is 399 g/mol. The molecule has 29 heavy (non-hydrogen) atoms. The molecule has 9 nitrogen and oxygen atoms in total. The number of hydrogen-bond acceptors (Lipinski definition) is 6. The highest BCUT2D eigenvalue weighted by atomic mass is 31.2. The van der Waals surface area contributed by atoms with Crippen LogP contribution in [0.4, 0.5) is 4.79 Å². The van der Waals surface area contributed by atoms with E-state index >= 15 is 0 Å². The van der Waals surface area contributed by atoms with Crippen molar-refractivity contribution in [3.05, 3.63) is 29.8 Å². The summed E-state index contributed by atoms with van der Waals surface area (Å²) in [5.74, 6) is 0.864. The van der Waals surface area contributed by atoms with E-state index in [-0.39, 0.29) is 25.8 Å². The van der Waals surface area contributed by atoms with Crippen LogP contribution in [-0.2, 0) is 20.2 Å². The van der Waals surface area contributed by atoms with Crippen LogP contribution < -0.4 is 10.9 Å². The maximum absolute atomic E-state index is 11.8. The molecule has 0 aliphatic carbocycles. The lowest BCUT2D eigenvalue weighted by Crippen LogP contribution is -2.54. The number of likely N-dealkylation sites (tertiary alicyclic amines) is 1. The third-order valence-electron chi connectivity index (χ3n) is 4.39. The number of phosphoric ester groups is 1. The van der Waals surface area contributed by atoms with Crippen molar-refractivity contribution in [2.45, 2.75) is 51.6 Å². The van der Waals surface area contributed by atoms with E-state index in [2.05, 4.69) is 11.4 Å². The van der Waals surface area contributed by atoms with Gasteiger partial charge in [0.2, 0.25) is 0 Å². The first-order chi connectivity index (χ1) is 13.4. The summed E-state index contributed by atoms with van der Waals surface area (Å²) in [4.78, 5) is 30.6. The topological polar surface area (TPSA) is 141 Å². The van der Waals surface area contributed by atoms with E-state index in [1.807, 2.05) is 24.3 Å². The van der Waals surface area contributed by atoms with Crippen molar-refractivity contribution in [1.29, 1.82) is 0 Å². The molecule has 1 fully saturated rings. The largest absolute Gasteiger partial charge is 0.494 e. The zero-order valence-electron chi connectivity index (χ0n) is 17.0. The molecule has 0 radical (unpaired) electrons. The molecule has 1 amide bonds. The van der Waals surface area contributed by atoms with Gasteiger partial charge in [-0.1, -0.05) is 38.3 Å². The highest BCUT2D eigenvalue weighted by Crippen LogP contribution is 2.39. The molecule has 0 saturated carbocycles. The second kappa shape index (κ2) is 12.8. The lowest BCUT2D eigenvalue weighted by molar-refractivity contribution is -0.00273. The van der Waals surface area contributed by atoms with E-state index in [9.17, 15) is 9.36 Å². The van der Waals surface area contributed by atoms with Crippen LogP contribution in [0.1, 0.15) is 44.6 Å². The van der Waals surface area contributed by atoms with Crippen molar-refractivity contribution in [2.75, 3.05) is 26.3 Å². The molecule has 166 valence electrons. The van der Waals surface area contributed by atoms with Gasteiger partial charge in [-0.2, -0.15) is 0 Å². The summed E-state index contributed by atoms with van der Waals surface area (Å²) >= 11 is 0. The molecule has 0 atom stereocenters. The van der Waals surface area contributed by atoms with Crippen LogP contribution in [0.15, 0.2) is 24.3 Å². The SMILES string of the molecule is CCCCCCOc1cccc(CCCOC(=O)N2CC(OP(=O)(O)O)C2)c1.N. The number of amides is 1. The van der Waals surface area contributed by atoms with E-state index in [0.717, 1.165) is 30.8 Å². The normalized spacial score (nSPS) is 14.1. The number of nitrogens with zero attached hydrogens (tertiary/aromatic N) is 1. The minimum atomic E-state index is -4.51. The number of ether oxygens (including phenoxy) is 2. The predicted octanol–water partition coefficient (Wildman–Crippen LogP) is 3.67. The van der Waals surface area contributed by atoms with Crippen molar-refractivity contribution in [2.24, 2.45) is 0 Å². The van der Waals surface area contributed by atoms with Gasteiger partial charge in [0.05, 0.1) is 26.3 Å². The molecule has 1 aromatic carbocycles. The number of carbonyl (C=O) groups excluding carboxylic acids is 1. The van der Waals surface area contributed by atoms with Crippen LogP contribution in [0, 0.1) is 0 Å². The fraction of sp³-hybridized carbons (Fsp3) is 0.632. The lowest BCUT2D eigenvalue weighted by Gasteiger charge is -2.37. The Balaban J connectivity index is 0.00000420. The molecule has 0 spiro atoms. The summed E-state index contributed by atoms with van der Waals surface area (Å²) in [6.07, 6.45) is 5.01. The molecule has 1 aliphatic heterocycles. The third-order valence-corrected chi connectivity index (χ3v) is 4.97. The second-order valence-corrected chi connectivity index (χ2v) is 8.09. The average Bonchev–Trinajstić information content (AvgIpc) is 2.61. The van der Waals surface area contributed by atoms with Gasteiger partial charge < -0.3 is 30.3 Å². The molecule has 1 saturated heterocycles. The monoisotopic (exact) mass is 432 g/mol. The summed E-state index contributed by atoms with van der Waals surface area (Å²) in [6.45, 7) is 3.44. The fourth-order valence-corrected chi connectivity index (χ4v) is 3.41. The Kier molecular flexibility index (Phi) is 11.2. The molecule has 0 bridgehead atoms. The highest BCUT2D eigenvalue weighted by molar-refractivity contribution is 7.46. The lowest BCUT2D eigenvalue weighted by atomic mass is 10.1. The maximum Gasteiger partial charge on any atom is 0.469 e. The Bertz CT molecular complexity index is 662.